The van der Waals surface area contributed by atoms with Crippen LogP contribution in [-0.4, -0.2) is 57.6 Å². The minimum absolute atomic E-state index is 0.0476. The monoisotopic (exact) mass is 484 g/mol. The lowest BCUT2D eigenvalue weighted by atomic mass is 10.1. The minimum Gasteiger partial charge on any atom is -0.493 e. The number of hydrogen-bond acceptors (Lipinski definition) is 6. The molecule has 11 heteroatoms. The number of carbonyl (C=O) groups excluding carboxylic acids is 1. The van der Waals surface area contributed by atoms with Gasteiger partial charge < -0.3 is 19.5 Å². The lowest BCUT2D eigenvalue weighted by Crippen LogP contribution is -2.48. The summed E-state index contributed by atoms with van der Waals surface area (Å²) in [5, 5.41) is 2.67. The topological polar surface area (TPSA) is 94.2 Å². The molecule has 1 fully saturated rings. The zero-order chi connectivity index (χ0) is 24.2. The van der Waals surface area contributed by atoms with E-state index in [4.69, 9.17) is 9.47 Å². The van der Waals surface area contributed by atoms with Gasteiger partial charge in [-0.3, -0.25) is 4.79 Å². The van der Waals surface area contributed by atoms with Crippen LogP contribution < -0.4 is 14.8 Å². The van der Waals surface area contributed by atoms with Crippen LogP contribution in [0, 0.1) is 0 Å². The van der Waals surface area contributed by atoms with E-state index in [1.165, 1.54) is 47.8 Å². The molecule has 1 N–H and O–H groups in total. The van der Waals surface area contributed by atoms with Crippen molar-refractivity contribution in [2.75, 3.05) is 20.2 Å². The highest BCUT2D eigenvalue weighted by Gasteiger charge is 2.32. The fourth-order valence-corrected chi connectivity index (χ4v) is 5.15. The molecule has 0 spiro atoms. The number of hydrogen-bond donors (Lipinski definition) is 1. The fraction of sp³-hybridized carbons (Fsp3) is 0.409. The van der Waals surface area contributed by atoms with E-state index in [-0.39, 0.29) is 53.8 Å². The van der Waals surface area contributed by atoms with Crippen molar-refractivity contribution in [3.8, 4) is 11.5 Å². The van der Waals surface area contributed by atoms with Crippen molar-refractivity contribution >= 4 is 15.9 Å². The number of halogens is 2. The number of nitrogens with one attached hydrogen (secondary N) is 1. The van der Waals surface area contributed by atoms with Gasteiger partial charge in [0.05, 0.1) is 24.2 Å². The van der Waals surface area contributed by atoms with Gasteiger partial charge >= 0.3 is 6.61 Å². The number of nitrogens with zero attached hydrogens (tertiary/aromatic N) is 1. The Bertz CT molecular complexity index is 1070. The second kappa shape index (κ2) is 10.4. The van der Waals surface area contributed by atoms with E-state index in [2.05, 4.69) is 10.1 Å². The van der Waals surface area contributed by atoms with E-state index in [1.54, 1.807) is 6.07 Å². The molecule has 0 aromatic heterocycles. The molecule has 0 saturated carbocycles. The second-order valence-electron chi connectivity index (χ2n) is 7.65. The summed E-state index contributed by atoms with van der Waals surface area (Å²) in [5.74, 6) is -0.438. The summed E-state index contributed by atoms with van der Waals surface area (Å²) in [4.78, 5) is 12.6. The van der Waals surface area contributed by atoms with Crippen molar-refractivity contribution in [1.82, 2.24) is 9.62 Å². The molecule has 2 aromatic carbocycles. The van der Waals surface area contributed by atoms with Crippen LogP contribution in [-0.2, 0) is 21.3 Å². The Morgan fingerprint density at radius 1 is 1.12 bits per heavy atom. The molecular weight excluding hydrogens is 458 g/mol. The molecule has 8 nitrogen and oxygen atoms in total. The van der Waals surface area contributed by atoms with Crippen molar-refractivity contribution in [3.63, 3.8) is 0 Å². The number of ether oxygens (including phenoxy) is 3. The van der Waals surface area contributed by atoms with Crippen molar-refractivity contribution in [2.24, 2.45) is 0 Å². The molecule has 1 aliphatic rings. The normalized spacial score (nSPS) is 19.3. The van der Waals surface area contributed by atoms with Crippen molar-refractivity contribution in [2.45, 2.75) is 44.1 Å². The van der Waals surface area contributed by atoms with Gasteiger partial charge in [0.1, 0.15) is 0 Å². The van der Waals surface area contributed by atoms with Crippen LogP contribution in [0.4, 0.5) is 8.78 Å². The van der Waals surface area contributed by atoms with Gasteiger partial charge in [-0.1, -0.05) is 6.07 Å². The maximum absolute atomic E-state index is 12.9. The molecular formula is C22H26F2N2O6S. The maximum Gasteiger partial charge on any atom is 0.387 e. The highest BCUT2D eigenvalue weighted by Crippen LogP contribution is 2.29. The van der Waals surface area contributed by atoms with E-state index in [0.717, 1.165) is 0 Å². The number of benzene rings is 2. The average Bonchev–Trinajstić information content (AvgIpc) is 2.76. The summed E-state index contributed by atoms with van der Waals surface area (Å²) >= 11 is 0. The van der Waals surface area contributed by atoms with Gasteiger partial charge in [0.2, 0.25) is 10.0 Å². The van der Waals surface area contributed by atoms with Gasteiger partial charge in [-0.25, -0.2) is 8.42 Å². The quantitative estimate of drug-likeness (QED) is 0.619. The number of rotatable bonds is 8. The van der Waals surface area contributed by atoms with E-state index < -0.39 is 22.5 Å². The van der Waals surface area contributed by atoms with Gasteiger partial charge in [-0.15, -0.1) is 0 Å². The smallest absolute Gasteiger partial charge is 0.387 e. The van der Waals surface area contributed by atoms with Crippen molar-refractivity contribution in [1.29, 1.82) is 0 Å². The summed E-state index contributed by atoms with van der Waals surface area (Å²) in [6.45, 7) is 1.18. The summed E-state index contributed by atoms with van der Waals surface area (Å²) in [7, 11) is -2.38. The molecule has 2 atom stereocenters. The van der Waals surface area contributed by atoms with Crippen LogP contribution in [0.2, 0.25) is 0 Å². The number of sulfonamides is 1. The maximum atomic E-state index is 12.9. The first kappa shape index (κ1) is 24.9. The predicted octanol–water partition coefficient (Wildman–Crippen LogP) is 3.02. The summed E-state index contributed by atoms with van der Waals surface area (Å²) in [6, 6.07) is 10.0. The fourth-order valence-electron chi connectivity index (χ4n) is 3.56. The number of morpholine rings is 1. The number of alkyl halides is 2. The number of amides is 1. The van der Waals surface area contributed by atoms with Crippen molar-refractivity contribution < 1.29 is 36.2 Å². The molecule has 3 rings (SSSR count). The Labute approximate surface area is 191 Å². The minimum atomic E-state index is -3.71. The first-order valence-electron chi connectivity index (χ1n) is 10.3. The van der Waals surface area contributed by atoms with E-state index in [1.807, 2.05) is 13.8 Å². The molecule has 1 heterocycles. The standard InChI is InChI=1S/C22H26F2N2O6S/c1-14-12-26(13-15(2)31-14)33(28,29)18-7-5-17(6-8-18)21(27)25-11-16-4-9-19(30-3)20(10-16)32-22(23)24/h4-10,14-15,22H,11-13H2,1-3H3,(H,25,27). The molecule has 1 saturated heterocycles. The van der Waals surface area contributed by atoms with Gasteiger partial charge in [-0.2, -0.15) is 13.1 Å². The number of methoxy groups -OCH3 is 1. The SMILES string of the molecule is COc1ccc(CNC(=O)c2ccc(S(=O)(=O)N3CC(C)OC(C)C3)cc2)cc1OC(F)F. The van der Waals surface area contributed by atoms with Crippen LogP contribution in [0.1, 0.15) is 29.8 Å². The van der Waals surface area contributed by atoms with Crippen LogP contribution >= 0.6 is 0 Å². The molecule has 1 aliphatic heterocycles. The van der Waals surface area contributed by atoms with Gasteiger partial charge in [0, 0.05) is 25.2 Å². The van der Waals surface area contributed by atoms with Gasteiger partial charge in [-0.05, 0) is 55.8 Å². The predicted molar refractivity (Wildman–Crippen MR) is 116 cm³/mol. The second-order valence-corrected chi connectivity index (χ2v) is 9.59. The van der Waals surface area contributed by atoms with E-state index >= 15 is 0 Å². The van der Waals surface area contributed by atoms with Gasteiger partial charge in [0.15, 0.2) is 11.5 Å². The van der Waals surface area contributed by atoms with Crippen LogP contribution in [0.15, 0.2) is 47.4 Å². The molecule has 180 valence electrons. The number of carbonyl (C=O) groups is 1. The highest BCUT2D eigenvalue weighted by molar-refractivity contribution is 7.89. The summed E-state index contributed by atoms with van der Waals surface area (Å²) in [5.41, 5.74) is 0.782. The lowest BCUT2D eigenvalue weighted by Gasteiger charge is -2.34. The zero-order valence-electron chi connectivity index (χ0n) is 18.5. The average molecular weight is 485 g/mol. The Kier molecular flexibility index (Phi) is 7.88. The van der Waals surface area contributed by atoms with Crippen LogP contribution in [0.25, 0.3) is 0 Å². The molecule has 2 unspecified atom stereocenters. The van der Waals surface area contributed by atoms with Gasteiger partial charge in [0.25, 0.3) is 5.91 Å². The van der Waals surface area contributed by atoms with Crippen molar-refractivity contribution in [3.05, 3.63) is 53.6 Å². The Morgan fingerprint density at radius 3 is 2.33 bits per heavy atom. The summed E-state index contributed by atoms with van der Waals surface area (Å²) < 4.78 is 67.4. The zero-order valence-corrected chi connectivity index (χ0v) is 19.3. The first-order valence-corrected chi connectivity index (χ1v) is 11.7. The Balaban J connectivity index is 1.66. The van der Waals surface area contributed by atoms with E-state index in [0.29, 0.717) is 5.56 Å². The molecule has 0 bridgehead atoms. The third-order valence-corrected chi connectivity index (χ3v) is 6.88. The molecule has 33 heavy (non-hydrogen) atoms. The molecule has 0 radical (unpaired) electrons. The Hall–Kier alpha value is -2.76. The molecule has 2 aromatic rings. The largest absolute Gasteiger partial charge is 0.493 e. The third kappa shape index (κ3) is 6.18. The Morgan fingerprint density at radius 2 is 1.76 bits per heavy atom. The van der Waals surface area contributed by atoms with Crippen LogP contribution in [0.5, 0.6) is 11.5 Å². The molecule has 0 aliphatic carbocycles. The lowest BCUT2D eigenvalue weighted by molar-refractivity contribution is -0.0512. The first-order chi connectivity index (χ1) is 15.6. The highest BCUT2D eigenvalue weighted by atomic mass is 32.2. The molecule has 1 amide bonds. The van der Waals surface area contributed by atoms with E-state index in [9.17, 15) is 22.0 Å². The summed E-state index contributed by atoms with van der Waals surface area (Å²) in [6.07, 6.45) is -0.420. The van der Waals surface area contributed by atoms with Crippen LogP contribution in [0.3, 0.4) is 0 Å². The third-order valence-electron chi connectivity index (χ3n) is 5.04.